The van der Waals surface area contributed by atoms with E-state index in [0.29, 0.717) is 5.52 Å². The fraction of sp³-hybridized carbons (Fsp3) is 0.125. The Morgan fingerprint density at radius 3 is 2.79 bits per heavy atom. The predicted octanol–water partition coefficient (Wildman–Crippen LogP) is 1.85. The molecule has 4 nitrogen and oxygen atoms in total. The van der Waals surface area contributed by atoms with Crippen LogP contribution in [-0.2, 0) is 10.1 Å². The SMILES string of the molecule is Cc1nc2cc(S(=O)(=O)O)ccc2s1. The molecule has 2 aromatic rings. The minimum atomic E-state index is -4.12. The number of benzene rings is 1. The van der Waals surface area contributed by atoms with Crippen LogP contribution in [0.25, 0.3) is 10.2 Å². The van der Waals surface area contributed by atoms with Gasteiger partial charge in [-0.1, -0.05) is 0 Å². The van der Waals surface area contributed by atoms with E-state index in [4.69, 9.17) is 4.55 Å². The summed E-state index contributed by atoms with van der Waals surface area (Å²) in [5.41, 5.74) is 0.600. The van der Waals surface area contributed by atoms with Crippen LogP contribution >= 0.6 is 11.3 Å². The third kappa shape index (κ3) is 1.63. The Labute approximate surface area is 85.0 Å². The van der Waals surface area contributed by atoms with Gasteiger partial charge in [-0.2, -0.15) is 8.42 Å². The van der Waals surface area contributed by atoms with Crippen LogP contribution in [0.5, 0.6) is 0 Å². The Bertz CT molecular complexity index is 586. The molecule has 74 valence electrons. The van der Waals surface area contributed by atoms with Gasteiger partial charge in [0.25, 0.3) is 10.1 Å². The molecule has 0 amide bonds. The summed E-state index contributed by atoms with van der Waals surface area (Å²) in [6, 6.07) is 4.38. The van der Waals surface area contributed by atoms with Crippen LogP contribution in [-0.4, -0.2) is 18.0 Å². The number of nitrogens with zero attached hydrogens (tertiary/aromatic N) is 1. The first-order valence-electron chi connectivity index (χ1n) is 3.81. The van der Waals surface area contributed by atoms with Crippen molar-refractivity contribution in [3.63, 3.8) is 0 Å². The molecule has 1 aromatic heterocycles. The van der Waals surface area contributed by atoms with Gasteiger partial charge >= 0.3 is 0 Å². The lowest BCUT2D eigenvalue weighted by atomic mass is 10.3. The Balaban J connectivity index is 2.74. The van der Waals surface area contributed by atoms with Crippen LogP contribution in [0.3, 0.4) is 0 Å². The van der Waals surface area contributed by atoms with Crippen molar-refractivity contribution in [2.45, 2.75) is 11.8 Å². The zero-order chi connectivity index (χ0) is 10.3. The Hall–Kier alpha value is -0.980. The standard InChI is InChI=1S/C8H7NO3S2/c1-5-9-7-4-6(14(10,11)12)2-3-8(7)13-5/h2-4H,1H3,(H,10,11,12). The Morgan fingerprint density at radius 2 is 2.14 bits per heavy atom. The maximum absolute atomic E-state index is 10.8. The van der Waals surface area contributed by atoms with Crippen molar-refractivity contribution in [1.82, 2.24) is 4.98 Å². The molecule has 0 saturated heterocycles. The molecule has 0 spiro atoms. The lowest BCUT2D eigenvalue weighted by Gasteiger charge is -1.94. The smallest absolute Gasteiger partial charge is 0.282 e. The maximum atomic E-state index is 10.8. The van der Waals surface area contributed by atoms with Crippen molar-refractivity contribution in [3.8, 4) is 0 Å². The van der Waals surface area contributed by atoms with Gasteiger partial charge in [0.15, 0.2) is 0 Å². The topological polar surface area (TPSA) is 67.3 Å². The number of aryl methyl sites for hydroxylation is 1. The number of thiazole rings is 1. The molecule has 0 aliphatic carbocycles. The van der Waals surface area contributed by atoms with Gasteiger partial charge in [0.05, 0.1) is 20.1 Å². The zero-order valence-electron chi connectivity index (χ0n) is 7.26. The fourth-order valence-electron chi connectivity index (χ4n) is 1.18. The van der Waals surface area contributed by atoms with E-state index in [0.717, 1.165) is 9.71 Å². The zero-order valence-corrected chi connectivity index (χ0v) is 8.89. The molecule has 14 heavy (non-hydrogen) atoms. The van der Waals surface area contributed by atoms with E-state index in [-0.39, 0.29) is 4.90 Å². The monoisotopic (exact) mass is 229 g/mol. The van der Waals surface area contributed by atoms with Crippen LogP contribution < -0.4 is 0 Å². The number of rotatable bonds is 1. The van der Waals surface area contributed by atoms with E-state index >= 15 is 0 Å². The minimum absolute atomic E-state index is 0.115. The summed E-state index contributed by atoms with van der Waals surface area (Å²) in [6.07, 6.45) is 0. The third-order valence-corrected chi connectivity index (χ3v) is 3.57. The predicted molar refractivity (Wildman–Crippen MR) is 54.2 cm³/mol. The summed E-state index contributed by atoms with van der Waals surface area (Å²) >= 11 is 1.48. The molecule has 1 aromatic carbocycles. The molecule has 0 saturated carbocycles. The molecular formula is C8H7NO3S2. The largest absolute Gasteiger partial charge is 0.294 e. The van der Waals surface area contributed by atoms with Crippen LogP contribution in [0.15, 0.2) is 23.1 Å². The highest BCUT2D eigenvalue weighted by Gasteiger charge is 2.11. The summed E-state index contributed by atoms with van der Waals surface area (Å²) in [5.74, 6) is 0. The van der Waals surface area contributed by atoms with Crippen molar-refractivity contribution in [2.75, 3.05) is 0 Å². The molecule has 2 rings (SSSR count). The molecule has 0 atom stereocenters. The van der Waals surface area contributed by atoms with Gasteiger partial charge in [0, 0.05) is 0 Å². The lowest BCUT2D eigenvalue weighted by molar-refractivity contribution is 0.483. The van der Waals surface area contributed by atoms with Gasteiger partial charge in [-0.15, -0.1) is 11.3 Å². The lowest BCUT2D eigenvalue weighted by Crippen LogP contribution is -1.96. The summed E-state index contributed by atoms with van der Waals surface area (Å²) in [6.45, 7) is 1.85. The summed E-state index contributed by atoms with van der Waals surface area (Å²) in [4.78, 5) is 4.01. The van der Waals surface area contributed by atoms with Gasteiger partial charge < -0.3 is 0 Å². The molecule has 6 heteroatoms. The van der Waals surface area contributed by atoms with Crippen molar-refractivity contribution < 1.29 is 13.0 Å². The molecule has 0 bridgehead atoms. The van der Waals surface area contributed by atoms with Crippen LogP contribution in [0.2, 0.25) is 0 Å². The second-order valence-electron chi connectivity index (χ2n) is 2.84. The molecule has 1 N–H and O–H groups in total. The molecule has 0 unspecified atom stereocenters. The quantitative estimate of drug-likeness (QED) is 0.758. The number of fused-ring (bicyclic) bond motifs is 1. The van der Waals surface area contributed by atoms with Crippen LogP contribution in [0.1, 0.15) is 5.01 Å². The second-order valence-corrected chi connectivity index (χ2v) is 5.49. The van der Waals surface area contributed by atoms with E-state index in [1.807, 2.05) is 6.92 Å². The van der Waals surface area contributed by atoms with E-state index < -0.39 is 10.1 Å². The van der Waals surface area contributed by atoms with Gasteiger partial charge in [-0.05, 0) is 25.1 Å². The Morgan fingerprint density at radius 1 is 1.43 bits per heavy atom. The first-order chi connectivity index (χ1) is 6.47. The normalized spacial score (nSPS) is 12.1. The van der Waals surface area contributed by atoms with E-state index in [2.05, 4.69) is 4.98 Å². The van der Waals surface area contributed by atoms with Crippen molar-refractivity contribution in [2.24, 2.45) is 0 Å². The first-order valence-corrected chi connectivity index (χ1v) is 6.07. The van der Waals surface area contributed by atoms with Crippen molar-refractivity contribution in [3.05, 3.63) is 23.2 Å². The first kappa shape index (κ1) is 9.57. The van der Waals surface area contributed by atoms with E-state index in [9.17, 15) is 8.42 Å². The van der Waals surface area contributed by atoms with Crippen LogP contribution in [0, 0.1) is 6.92 Å². The minimum Gasteiger partial charge on any atom is -0.282 e. The average molecular weight is 229 g/mol. The van der Waals surface area contributed by atoms with Gasteiger partial charge in [0.2, 0.25) is 0 Å². The van der Waals surface area contributed by atoms with Gasteiger partial charge in [-0.25, -0.2) is 4.98 Å². The Kier molecular flexibility index (Phi) is 2.06. The van der Waals surface area contributed by atoms with Crippen molar-refractivity contribution >= 4 is 31.7 Å². The van der Waals surface area contributed by atoms with E-state index in [1.165, 1.54) is 23.5 Å². The molecular weight excluding hydrogens is 222 g/mol. The fourth-order valence-corrected chi connectivity index (χ4v) is 2.49. The average Bonchev–Trinajstić information content (AvgIpc) is 2.41. The van der Waals surface area contributed by atoms with Crippen molar-refractivity contribution in [1.29, 1.82) is 0 Å². The molecule has 0 radical (unpaired) electrons. The third-order valence-electron chi connectivity index (χ3n) is 1.76. The van der Waals surface area contributed by atoms with Gasteiger partial charge in [0.1, 0.15) is 0 Å². The number of hydrogen-bond acceptors (Lipinski definition) is 4. The highest BCUT2D eigenvalue weighted by Crippen LogP contribution is 2.23. The highest BCUT2D eigenvalue weighted by atomic mass is 32.2. The summed E-state index contributed by atoms with van der Waals surface area (Å²) < 4.78 is 31.3. The highest BCUT2D eigenvalue weighted by molar-refractivity contribution is 7.85. The number of hydrogen-bond donors (Lipinski definition) is 1. The second kappa shape index (κ2) is 3.01. The molecule has 0 aliphatic rings. The van der Waals surface area contributed by atoms with Crippen LogP contribution in [0.4, 0.5) is 0 Å². The van der Waals surface area contributed by atoms with Gasteiger partial charge in [-0.3, -0.25) is 4.55 Å². The molecule has 0 aliphatic heterocycles. The van der Waals surface area contributed by atoms with E-state index in [1.54, 1.807) is 6.07 Å². The summed E-state index contributed by atoms with van der Waals surface area (Å²) in [5, 5.41) is 0.868. The molecule has 0 fully saturated rings. The number of aromatic nitrogens is 1. The summed E-state index contributed by atoms with van der Waals surface area (Å²) in [7, 11) is -4.12. The maximum Gasteiger partial charge on any atom is 0.294 e. The molecule has 1 heterocycles.